The lowest BCUT2D eigenvalue weighted by molar-refractivity contribution is -0.203. The summed E-state index contributed by atoms with van der Waals surface area (Å²) >= 11 is 0. The molecule has 0 bridgehead atoms. The molecule has 1 atom stereocenters. The van der Waals surface area contributed by atoms with E-state index >= 15 is 0 Å². The highest BCUT2D eigenvalue weighted by molar-refractivity contribution is 5.27. The second-order valence-corrected chi connectivity index (χ2v) is 5.21. The largest absolute Gasteiger partial charge is 0.414 e. The zero-order valence-corrected chi connectivity index (χ0v) is 10.2. The maximum atomic E-state index is 12.2. The molecule has 1 aromatic carbocycles. The fraction of sp³-hybridized carbons (Fsp3) is 0.538. The minimum atomic E-state index is -4.55. The van der Waals surface area contributed by atoms with Crippen molar-refractivity contribution in [2.45, 2.75) is 44.9 Å². The third-order valence-corrected chi connectivity index (χ3v) is 2.63. The Morgan fingerprint density at radius 1 is 1.06 bits per heavy atom. The summed E-state index contributed by atoms with van der Waals surface area (Å²) in [4.78, 5) is 0. The molecule has 0 spiro atoms. The van der Waals surface area contributed by atoms with E-state index in [0.717, 1.165) is 5.56 Å². The van der Waals surface area contributed by atoms with Crippen molar-refractivity contribution in [2.75, 3.05) is 0 Å². The molecule has 1 aromatic rings. The van der Waals surface area contributed by atoms with E-state index in [-0.39, 0.29) is 5.41 Å². The van der Waals surface area contributed by atoms with Gasteiger partial charge < -0.3 is 5.11 Å². The van der Waals surface area contributed by atoms with Crippen molar-refractivity contribution >= 4 is 0 Å². The predicted molar refractivity (Wildman–Crippen MR) is 60.9 cm³/mol. The van der Waals surface area contributed by atoms with E-state index in [1.807, 2.05) is 20.8 Å². The summed E-state index contributed by atoms with van der Waals surface area (Å²) in [7, 11) is 0. The lowest BCUT2D eigenvalue weighted by atomic mass is 9.86. The molecule has 4 heteroatoms. The minimum Gasteiger partial charge on any atom is -0.383 e. The molecule has 1 rings (SSSR count). The van der Waals surface area contributed by atoms with Crippen LogP contribution in [0.2, 0.25) is 0 Å². The van der Waals surface area contributed by atoms with E-state index in [9.17, 15) is 13.2 Å². The zero-order chi connectivity index (χ0) is 13.3. The van der Waals surface area contributed by atoms with Crippen molar-refractivity contribution in [1.29, 1.82) is 0 Å². The van der Waals surface area contributed by atoms with Crippen molar-refractivity contribution in [3.8, 4) is 0 Å². The first-order valence-corrected chi connectivity index (χ1v) is 5.45. The van der Waals surface area contributed by atoms with Crippen molar-refractivity contribution in [3.05, 3.63) is 35.4 Å². The van der Waals surface area contributed by atoms with Gasteiger partial charge >= 0.3 is 6.18 Å². The van der Waals surface area contributed by atoms with Crippen LogP contribution >= 0.6 is 0 Å². The van der Waals surface area contributed by atoms with Gasteiger partial charge in [-0.25, -0.2) is 0 Å². The normalized spacial score (nSPS) is 14.8. The Labute approximate surface area is 99.3 Å². The quantitative estimate of drug-likeness (QED) is 0.847. The van der Waals surface area contributed by atoms with Gasteiger partial charge in [-0.1, -0.05) is 45.0 Å². The Morgan fingerprint density at radius 2 is 1.53 bits per heavy atom. The molecule has 0 unspecified atom stereocenters. The monoisotopic (exact) mass is 246 g/mol. The van der Waals surface area contributed by atoms with E-state index in [1.54, 1.807) is 24.3 Å². The molecule has 0 aliphatic heterocycles. The van der Waals surface area contributed by atoms with Crippen LogP contribution in [0.25, 0.3) is 0 Å². The second-order valence-electron chi connectivity index (χ2n) is 5.21. The Kier molecular flexibility index (Phi) is 3.87. The van der Waals surface area contributed by atoms with Gasteiger partial charge in [-0.2, -0.15) is 13.2 Å². The van der Waals surface area contributed by atoms with Gasteiger partial charge in [0.15, 0.2) is 6.10 Å². The van der Waals surface area contributed by atoms with Crippen molar-refractivity contribution < 1.29 is 18.3 Å². The number of hydrogen-bond donors (Lipinski definition) is 1. The van der Waals surface area contributed by atoms with Crippen LogP contribution in [0.3, 0.4) is 0 Å². The first-order chi connectivity index (χ1) is 7.60. The van der Waals surface area contributed by atoms with Gasteiger partial charge in [0.2, 0.25) is 0 Å². The number of hydrogen-bond acceptors (Lipinski definition) is 1. The molecule has 0 saturated carbocycles. The van der Waals surface area contributed by atoms with Crippen molar-refractivity contribution in [2.24, 2.45) is 0 Å². The summed E-state index contributed by atoms with van der Waals surface area (Å²) in [5, 5.41) is 8.94. The van der Waals surface area contributed by atoms with Gasteiger partial charge in [-0.15, -0.1) is 0 Å². The van der Waals surface area contributed by atoms with Crippen LogP contribution in [0.4, 0.5) is 13.2 Å². The summed E-state index contributed by atoms with van der Waals surface area (Å²) < 4.78 is 36.5. The summed E-state index contributed by atoms with van der Waals surface area (Å²) in [6.45, 7) is 6.10. The van der Waals surface area contributed by atoms with E-state index in [0.29, 0.717) is 5.56 Å². The maximum absolute atomic E-state index is 12.2. The number of benzene rings is 1. The molecule has 0 heterocycles. The lowest BCUT2D eigenvalue weighted by Gasteiger charge is -2.20. The fourth-order valence-corrected chi connectivity index (χ4v) is 1.48. The van der Waals surface area contributed by atoms with Crippen LogP contribution in [0, 0.1) is 0 Å². The summed E-state index contributed by atoms with van der Waals surface area (Å²) in [6.07, 6.45) is -7.24. The summed E-state index contributed by atoms with van der Waals surface area (Å²) in [5.41, 5.74) is 1.52. The molecule has 17 heavy (non-hydrogen) atoms. The maximum Gasteiger partial charge on any atom is 0.414 e. The van der Waals surface area contributed by atoms with Gasteiger partial charge in [-0.05, 0) is 16.5 Å². The van der Waals surface area contributed by atoms with E-state index < -0.39 is 18.7 Å². The average Bonchev–Trinajstić information content (AvgIpc) is 2.15. The summed E-state index contributed by atoms with van der Waals surface area (Å²) in [5.74, 6) is 0. The van der Waals surface area contributed by atoms with Gasteiger partial charge in [0.05, 0.1) is 0 Å². The average molecular weight is 246 g/mol. The topological polar surface area (TPSA) is 20.2 Å². The number of halogens is 3. The Balaban J connectivity index is 2.76. The molecule has 1 N–H and O–H groups in total. The van der Waals surface area contributed by atoms with Crippen LogP contribution < -0.4 is 0 Å². The van der Waals surface area contributed by atoms with Crippen LogP contribution in [-0.4, -0.2) is 17.4 Å². The summed E-state index contributed by atoms with van der Waals surface area (Å²) in [6, 6.07) is 6.88. The SMILES string of the molecule is CC(C)(C)c1ccc(C[C@@H](O)C(F)(F)F)cc1. The number of rotatable bonds is 2. The highest BCUT2D eigenvalue weighted by Crippen LogP contribution is 2.25. The smallest absolute Gasteiger partial charge is 0.383 e. The molecule has 0 aliphatic rings. The van der Waals surface area contributed by atoms with E-state index in [4.69, 9.17) is 5.11 Å². The molecule has 0 aromatic heterocycles. The number of alkyl halides is 3. The molecule has 0 amide bonds. The van der Waals surface area contributed by atoms with Crippen LogP contribution in [-0.2, 0) is 11.8 Å². The first-order valence-electron chi connectivity index (χ1n) is 5.45. The van der Waals surface area contributed by atoms with Crippen molar-refractivity contribution in [3.63, 3.8) is 0 Å². The van der Waals surface area contributed by atoms with Crippen LogP contribution in [0.15, 0.2) is 24.3 Å². The van der Waals surface area contributed by atoms with E-state index in [2.05, 4.69) is 0 Å². The number of aliphatic hydroxyl groups is 1. The molecule has 96 valence electrons. The highest BCUT2D eigenvalue weighted by atomic mass is 19.4. The van der Waals surface area contributed by atoms with Gasteiger partial charge in [0.1, 0.15) is 0 Å². The highest BCUT2D eigenvalue weighted by Gasteiger charge is 2.37. The Bertz CT molecular complexity index is 360. The molecular weight excluding hydrogens is 229 g/mol. The third kappa shape index (κ3) is 4.04. The molecule has 0 fully saturated rings. The predicted octanol–water partition coefficient (Wildman–Crippen LogP) is 3.45. The zero-order valence-electron chi connectivity index (χ0n) is 10.2. The molecule has 0 radical (unpaired) electrons. The minimum absolute atomic E-state index is 0.0266. The third-order valence-electron chi connectivity index (χ3n) is 2.63. The van der Waals surface area contributed by atoms with Crippen molar-refractivity contribution in [1.82, 2.24) is 0 Å². The van der Waals surface area contributed by atoms with Crippen LogP contribution in [0.5, 0.6) is 0 Å². The van der Waals surface area contributed by atoms with Crippen LogP contribution in [0.1, 0.15) is 31.9 Å². The first kappa shape index (κ1) is 14.0. The lowest BCUT2D eigenvalue weighted by Crippen LogP contribution is -2.30. The van der Waals surface area contributed by atoms with E-state index in [1.165, 1.54) is 0 Å². The molecule has 0 saturated heterocycles. The molecular formula is C13H17F3O. The van der Waals surface area contributed by atoms with Gasteiger partial charge in [0.25, 0.3) is 0 Å². The van der Waals surface area contributed by atoms with Gasteiger partial charge in [-0.3, -0.25) is 0 Å². The molecule has 1 nitrogen and oxygen atoms in total. The Morgan fingerprint density at radius 3 is 1.88 bits per heavy atom. The fourth-order valence-electron chi connectivity index (χ4n) is 1.48. The standard InChI is InChI=1S/C13H17F3O/c1-12(2,3)10-6-4-9(5-7-10)8-11(17)13(14,15)16/h4-7,11,17H,8H2,1-3H3/t11-/m1/s1. The second kappa shape index (κ2) is 4.69. The number of aliphatic hydroxyl groups excluding tert-OH is 1. The molecule has 0 aliphatic carbocycles. The Hall–Kier alpha value is -1.03. The van der Waals surface area contributed by atoms with Gasteiger partial charge in [0, 0.05) is 6.42 Å².